The molecular formula is C19H22FNOS. The van der Waals surface area contributed by atoms with Crippen molar-refractivity contribution in [2.45, 2.75) is 40.0 Å². The van der Waals surface area contributed by atoms with Crippen molar-refractivity contribution in [2.75, 3.05) is 5.32 Å². The van der Waals surface area contributed by atoms with Gasteiger partial charge in [-0.05, 0) is 60.4 Å². The first kappa shape index (κ1) is 16.2. The zero-order chi connectivity index (χ0) is 16.6. The van der Waals surface area contributed by atoms with Gasteiger partial charge in [0.05, 0.1) is 5.56 Å². The van der Waals surface area contributed by atoms with E-state index in [9.17, 15) is 9.18 Å². The van der Waals surface area contributed by atoms with Crippen LogP contribution in [0.4, 0.5) is 10.1 Å². The third-order valence-corrected chi connectivity index (χ3v) is 5.78. The van der Waals surface area contributed by atoms with Crippen LogP contribution in [0.25, 0.3) is 0 Å². The van der Waals surface area contributed by atoms with E-state index in [2.05, 4.69) is 26.1 Å². The molecule has 2 nitrogen and oxygen atoms in total. The van der Waals surface area contributed by atoms with E-state index in [1.54, 1.807) is 23.5 Å². The third-order valence-electron chi connectivity index (χ3n) is 4.73. The highest BCUT2D eigenvalue weighted by molar-refractivity contribution is 7.10. The van der Waals surface area contributed by atoms with Gasteiger partial charge in [-0.15, -0.1) is 11.3 Å². The number of hydrogen-bond acceptors (Lipinski definition) is 2. The molecule has 1 unspecified atom stereocenters. The Morgan fingerprint density at radius 1 is 1.26 bits per heavy atom. The largest absolute Gasteiger partial charge is 0.322 e. The number of thiophene rings is 1. The van der Waals surface area contributed by atoms with Crippen LogP contribution in [0.1, 0.15) is 48.0 Å². The number of hydrogen-bond donors (Lipinski definition) is 1. The van der Waals surface area contributed by atoms with E-state index in [-0.39, 0.29) is 11.7 Å². The highest BCUT2D eigenvalue weighted by Crippen LogP contribution is 2.40. The van der Waals surface area contributed by atoms with Gasteiger partial charge in [-0.3, -0.25) is 4.79 Å². The van der Waals surface area contributed by atoms with Crippen molar-refractivity contribution in [3.8, 4) is 0 Å². The lowest BCUT2D eigenvalue weighted by Gasteiger charge is -2.34. The van der Waals surface area contributed by atoms with Crippen LogP contribution in [0.15, 0.2) is 29.6 Å². The fraction of sp³-hybridized carbons (Fsp3) is 0.421. The van der Waals surface area contributed by atoms with E-state index in [0.717, 1.165) is 24.8 Å². The fourth-order valence-electron chi connectivity index (χ4n) is 3.17. The van der Waals surface area contributed by atoms with Gasteiger partial charge in [0.2, 0.25) is 0 Å². The second kappa shape index (κ2) is 6.08. The summed E-state index contributed by atoms with van der Waals surface area (Å²) in [5.41, 5.74) is 2.91. The van der Waals surface area contributed by atoms with Crippen LogP contribution in [0.3, 0.4) is 0 Å². The van der Waals surface area contributed by atoms with Crippen LogP contribution in [0.2, 0.25) is 0 Å². The summed E-state index contributed by atoms with van der Waals surface area (Å²) in [6.45, 7) is 6.87. The predicted molar refractivity (Wildman–Crippen MR) is 93.6 cm³/mol. The molecule has 1 aliphatic rings. The van der Waals surface area contributed by atoms with Crippen LogP contribution in [0.5, 0.6) is 0 Å². The van der Waals surface area contributed by atoms with E-state index in [1.165, 1.54) is 22.6 Å². The highest BCUT2D eigenvalue weighted by Gasteiger charge is 2.31. The number of amides is 1. The van der Waals surface area contributed by atoms with Gasteiger partial charge in [0.25, 0.3) is 5.91 Å². The van der Waals surface area contributed by atoms with Crippen molar-refractivity contribution in [3.63, 3.8) is 0 Å². The molecule has 0 saturated heterocycles. The molecule has 1 aliphatic carbocycles. The molecule has 2 aromatic rings. The monoisotopic (exact) mass is 331 g/mol. The van der Waals surface area contributed by atoms with E-state index in [0.29, 0.717) is 17.0 Å². The Balaban J connectivity index is 1.76. The summed E-state index contributed by atoms with van der Waals surface area (Å²) in [4.78, 5) is 13.9. The first-order valence-electron chi connectivity index (χ1n) is 8.01. The van der Waals surface area contributed by atoms with Crippen LogP contribution < -0.4 is 5.32 Å². The summed E-state index contributed by atoms with van der Waals surface area (Å²) in [6.07, 6.45) is 3.16. The SMILES string of the molecule is CC(C)(C)C1CCc2c(C(=O)Nc3ccc(F)cc3)csc2C1. The van der Waals surface area contributed by atoms with Gasteiger partial charge in [0.1, 0.15) is 5.82 Å². The lowest BCUT2D eigenvalue weighted by molar-refractivity contribution is 0.102. The molecule has 1 heterocycles. The zero-order valence-corrected chi connectivity index (χ0v) is 14.6. The van der Waals surface area contributed by atoms with E-state index >= 15 is 0 Å². The van der Waals surface area contributed by atoms with E-state index in [1.807, 2.05) is 5.38 Å². The predicted octanol–water partition coefficient (Wildman–Crippen LogP) is 5.29. The molecule has 122 valence electrons. The number of benzene rings is 1. The topological polar surface area (TPSA) is 29.1 Å². The molecule has 1 aromatic heterocycles. The molecule has 0 saturated carbocycles. The maximum absolute atomic E-state index is 12.9. The summed E-state index contributed by atoms with van der Waals surface area (Å²) < 4.78 is 12.9. The lowest BCUT2D eigenvalue weighted by atomic mass is 9.72. The minimum atomic E-state index is -0.302. The quantitative estimate of drug-likeness (QED) is 0.796. The van der Waals surface area contributed by atoms with Gasteiger partial charge >= 0.3 is 0 Å². The van der Waals surface area contributed by atoms with Crippen molar-refractivity contribution in [1.29, 1.82) is 0 Å². The van der Waals surface area contributed by atoms with Crippen LogP contribution in [-0.2, 0) is 12.8 Å². The highest BCUT2D eigenvalue weighted by atomic mass is 32.1. The molecule has 0 bridgehead atoms. The smallest absolute Gasteiger partial charge is 0.256 e. The second-order valence-electron chi connectivity index (χ2n) is 7.32. The van der Waals surface area contributed by atoms with Crippen molar-refractivity contribution in [1.82, 2.24) is 0 Å². The fourth-order valence-corrected chi connectivity index (χ4v) is 4.33. The third kappa shape index (κ3) is 3.47. The summed E-state index contributed by atoms with van der Waals surface area (Å²) in [6, 6.07) is 5.88. The Kier molecular flexibility index (Phi) is 4.28. The maximum atomic E-state index is 12.9. The molecular weight excluding hydrogens is 309 g/mol. The summed E-state index contributed by atoms with van der Waals surface area (Å²) in [5.74, 6) is 0.272. The molecule has 1 N–H and O–H groups in total. The molecule has 0 radical (unpaired) electrons. The Morgan fingerprint density at radius 2 is 1.96 bits per heavy atom. The molecule has 0 aliphatic heterocycles. The van der Waals surface area contributed by atoms with Gasteiger partial charge in [-0.1, -0.05) is 20.8 Å². The molecule has 1 aromatic carbocycles. The lowest BCUT2D eigenvalue weighted by Crippen LogP contribution is -2.27. The average molecular weight is 331 g/mol. The minimum absolute atomic E-state index is 0.0942. The Morgan fingerprint density at radius 3 is 2.61 bits per heavy atom. The number of anilines is 1. The molecule has 0 fully saturated rings. The Bertz CT molecular complexity index is 712. The zero-order valence-electron chi connectivity index (χ0n) is 13.8. The molecule has 1 atom stereocenters. The number of fused-ring (bicyclic) bond motifs is 1. The molecule has 1 amide bonds. The minimum Gasteiger partial charge on any atom is -0.322 e. The Labute approximate surface area is 140 Å². The molecule has 0 spiro atoms. The van der Waals surface area contributed by atoms with E-state index < -0.39 is 0 Å². The van der Waals surface area contributed by atoms with Gasteiger partial charge < -0.3 is 5.32 Å². The number of halogens is 1. The summed E-state index contributed by atoms with van der Waals surface area (Å²) >= 11 is 1.69. The van der Waals surface area contributed by atoms with Crippen molar-refractivity contribution >= 4 is 22.9 Å². The number of nitrogens with one attached hydrogen (secondary N) is 1. The second-order valence-corrected chi connectivity index (χ2v) is 8.28. The van der Waals surface area contributed by atoms with Crippen LogP contribution in [0, 0.1) is 17.2 Å². The van der Waals surface area contributed by atoms with Gasteiger partial charge in [0.15, 0.2) is 0 Å². The first-order chi connectivity index (χ1) is 10.8. The van der Waals surface area contributed by atoms with Crippen molar-refractivity contribution in [3.05, 3.63) is 51.5 Å². The molecule has 4 heteroatoms. The molecule has 3 rings (SSSR count). The van der Waals surface area contributed by atoms with Crippen LogP contribution in [-0.4, -0.2) is 5.91 Å². The molecule has 23 heavy (non-hydrogen) atoms. The summed E-state index contributed by atoms with van der Waals surface area (Å²) in [7, 11) is 0. The van der Waals surface area contributed by atoms with Crippen LogP contribution >= 0.6 is 11.3 Å². The number of rotatable bonds is 2. The van der Waals surface area contributed by atoms with Crippen molar-refractivity contribution < 1.29 is 9.18 Å². The van der Waals surface area contributed by atoms with Gasteiger partial charge in [-0.25, -0.2) is 4.39 Å². The van der Waals surface area contributed by atoms with Gasteiger partial charge in [-0.2, -0.15) is 0 Å². The maximum Gasteiger partial charge on any atom is 0.256 e. The first-order valence-corrected chi connectivity index (χ1v) is 8.88. The number of carbonyl (C=O) groups excluding carboxylic acids is 1. The average Bonchev–Trinajstić information content (AvgIpc) is 2.92. The van der Waals surface area contributed by atoms with E-state index in [4.69, 9.17) is 0 Å². The standard InChI is InChI=1S/C19H22FNOS/c1-19(2,3)12-4-9-15-16(11-23-17(15)10-12)18(22)21-14-7-5-13(20)6-8-14/h5-8,11-12H,4,9-10H2,1-3H3,(H,21,22). The summed E-state index contributed by atoms with van der Waals surface area (Å²) in [5, 5.41) is 4.83. The van der Waals surface area contributed by atoms with Gasteiger partial charge in [0, 0.05) is 15.9 Å². The van der Waals surface area contributed by atoms with Crippen molar-refractivity contribution in [2.24, 2.45) is 11.3 Å². The number of carbonyl (C=O) groups is 1. The normalized spacial score (nSPS) is 17.7. The Hall–Kier alpha value is -1.68.